The lowest BCUT2D eigenvalue weighted by atomic mass is 9.98. The summed E-state index contributed by atoms with van der Waals surface area (Å²) in [6.07, 6.45) is 8.85. The van der Waals surface area contributed by atoms with Crippen LogP contribution in [-0.4, -0.2) is 23.3 Å². The third-order valence-corrected chi connectivity index (χ3v) is 5.24. The molecule has 0 unspecified atom stereocenters. The lowest BCUT2D eigenvalue weighted by molar-refractivity contribution is -0.136. The molecule has 2 aliphatic rings. The number of rotatable bonds is 2. The van der Waals surface area contributed by atoms with Crippen molar-refractivity contribution in [3.05, 3.63) is 34.9 Å². The van der Waals surface area contributed by atoms with E-state index in [1.165, 1.54) is 25.7 Å². The molecule has 1 aliphatic heterocycles. The van der Waals surface area contributed by atoms with Crippen LogP contribution in [0.3, 0.4) is 0 Å². The van der Waals surface area contributed by atoms with Crippen LogP contribution in [-0.2, 0) is 17.8 Å². The number of hydrogen-bond donors (Lipinski definition) is 1. The second-order valence-electron chi connectivity index (χ2n) is 6.90. The first kappa shape index (κ1) is 16.0. The van der Waals surface area contributed by atoms with Gasteiger partial charge >= 0.3 is 0 Å². The summed E-state index contributed by atoms with van der Waals surface area (Å²) in [5.41, 5.74) is 8.26. The van der Waals surface area contributed by atoms with E-state index in [4.69, 9.17) is 5.73 Å². The number of primary amides is 1. The van der Waals surface area contributed by atoms with Gasteiger partial charge in [0.25, 0.3) is 0 Å². The maximum atomic E-state index is 12.9. The Balaban J connectivity index is 1.75. The van der Waals surface area contributed by atoms with Crippen molar-refractivity contribution in [2.45, 2.75) is 57.9 Å². The highest BCUT2D eigenvalue weighted by Gasteiger charge is 2.27. The summed E-state index contributed by atoms with van der Waals surface area (Å²) in [5, 5.41) is 0. The van der Waals surface area contributed by atoms with Crippen molar-refractivity contribution in [3.8, 4) is 0 Å². The zero-order chi connectivity index (χ0) is 16.2. The van der Waals surface area contributed by atoms with Gasteiger partial charge in [0.2, 0.25) is 11.8 Å². The molecule has 23 heavy (non-hydrogen) atoms. The van der Waals surface area contributed by atoms with Gasteiger partial charge in [-0.15, -0.1) is 0 Å². The van der Waals surface area contributed by atoms with Crippen molar-refractivity contribution >= 4 is 11.8 Å². The SMILES string of the molecule is NC(=O)c1ccc2c(c1)CCCN(C(=O)C1CCCCCC1)C2. The van der Waals surface area contributed by atoms with Gasteiger partial charge in [0.05, 0.1) is 0 Å². The van der Waals surface area contributed by atoms with Crippen LogP contribution in [0, 0.1) is 5.92 Å². The molecule has 1 aromatic carbocycles. The van der Waals surface area contributed by atoms with Gasteiger partial charge in [-0.3, -0.25) is 9.59 Å². The van der Waals surface area contributed by atoms with Crippen LogP contribution in [0.4, 0.5) is 0 Å². The van der Waals surface area contributed by atoms with Crippen molar-refractivity contribution in [1.82, 2.24) is 4.90 Å². The molecule has 1 heterocycles. The molecule has 0 radical (unpaired) electrons. The maximum Gasteiger partial charge on any atom is 0.248 e. The molecular weight excluding hydrogens is 288 g/mol. The largest absolute Gasteiger partial charge is 0.366 e. The Bertz CT molecular complexity index is 589. The summed E-state index contributed by atoms with van der Waals surface area (Å²) < 4.78 is 0. The Morgan fingerprint density at radius 2 is 1.74 bits per heavy atom. The Morgan fingerprint density at radius 1 is 1.00 bits per heavy atom. The van der Waals surface area contributed by atoms with E-state index >= 15 is 0 Å². The van der Waals surface area contributed by atoms with Crippen molar-refractivity contribution < 1.29 is 9.59 Å². The van der Waals surface area contributed by atoms with Gasteiger partial charge in [0.1, 0.15) is 0 Å². The van der Waals surface area contributed by atoms with Gasteiger partial charge in [-0.05, 0) is 48.9 Å². The molecule has 0 spiro atoms. The lowest BCUT2D eigenvalue weighted by Crippen LogP contribution is -2.35. The molecule has 1 saturated carbocycles. The Labute approximate surface area is 138 Å². The standard InChI is InChI=1S/C19H26N2O2/c20-18(22)16-9-10-17-13-21(11-5-8-15(17)12-16)19(23)14-6-3-1-2-4-7-14/h9-10,12,14H,1-8,11,13H2,(H2,20,22). The molecule has 3 rings (SSSR count). The normalized spacial score (nSPS) is 19.6. The summed E-state index contributed by atoms with van der Waals surface area (Å²) in [4.78, 5) is 26.3. The molecule has 0 saturated heterocycles. The van der Waals surface area contributed by atoms with E-state index < -0.39 is 0 Å². The molecule has 0 atom stereocenters. The highest BCUT2D eigenvalue weighted by molar-refractivity contribution is 5.93. The number of fused-ring (bicyclic) bond motifs is 1. The van der Waals surface area contributed by atoms with Crippen LogP contribution in [0.5, 0.6) is 0 Å². The number of aryl methyl sites for hydroxylation is 1. The minimum Gasteiger partial charge on any atom is -0.366 e. The Kier molecular flexibility index (Phi) is 4.99. The number of nitrogens with two attached hydrogens (primary N) is 1. The minimum absolute atomic E-state index is 0.212. The summed E-state index contributed by atoms with van der Waals surface area (Å²) in [6, 6.07) is 5.65. The van der Waals surface area contributed by atoms with Crippen LogP contribution < -0.4 is 5.73 Å². The fourth-order valence-electron chi connectivity index (χ4n) is 3.88. The highest BCUT2D eigenvalue weighted by Crippen LogP contribution is 2.27. The smallest absolute Gasteiger partial charge is 0.248 e. The third kappa shape index (κ3) is 3.74. The molecule has 0 aromatic heterocycles. The van der Waals surface area contributed by atoms with Crippen LogP contribution in [0.15, 0.2) is 18.2 Å². The topological polar surface area (TPSA) is 63.4 Å². The van der Waals surface area contributed by atoms with Crippen molar-refractivity contribution in [2.24, 2.45) is 11.7 Å². The van der Waals surface area contributed by atoms with E-state index in [0.29, 0.717) is 18.0 Å². The Hall–Kier alpha value is -1.84. The Morgan fingerprint density at radius 3 is 2.43 bits per heavy atom. The molecule has 4 nitrogen and oxygen atoms in total. The predicted octanol–water partition coefficient (Wildman–Crippen LogP) is 3.03. The lowest BCUT2D eigenvalue weighted by Gasteiger charge is -2.26. The van der Waals surface area contributed by atoms with Gasteiger partial charge in [0.15, 0.2) is 0 Å². The van der Waals surface area contributed by atoms with E-state index in [2.05, 4.69) is 0 Å². The molecule has 1 aliphatic carbocycles. The fourth-order valence-corrected chi connectivity index (χ4v) is 3.88. The summed E-state index contributed by atoms with van der Waals surface area (Å²) in [6.45, 7) is 1.49. The third-order valence-electron chi connectivity index (χ3n) is 5.24. The molecule has 2 N–H and O–H groups in total. The molecule has 124 valence electrons. The molecule has 1 fully saturated rings. The van der Waals surface area contributed by atoms with Crippen LogP contribution in [0.25, 0.3) is 0 Å². The summed E-state index contributed by atoms with van der Waals surface area (Å²) in [5.74, 6) is 0.158. The monoisotopic (exact) mass is 314 g/mol. The quantitative estimate of drug-likeness (QED) is 0.853. The van der Waals surface area contributed by atoms with Gasteiger partial charge in [-0.25, -0.2) is 0 Å². The van der Waals surface area contributed by atoms with E-state index in [1.807, 2.05) is 17.0 Å². The number of hydrogen-bond acceptors (Lipinski definition) is 2. The molecule has 2 amide bonds. The first-order valence-corrected chi connectivity index (χ1v) is 8.85. The fraction of sp³-hybridized carbons (Fsp3) is 0.579. The van der Waals surface area contributed by atoms with Crippen molar-refractivity contribution in [2.75, 3.05) is 6.54 Å². The van der Waals surface area contributed by atoms with Crippen LogP contribution in [0.1, 0.15) is 66.4 Å². The zero-order valence-corrected chi connectivity index (χ0v) is 13.7. The van der Waals surface area contributed by atoms with Crippen molar-refractivity contribution in [3.63, 3.8) is 0 Å². The molecule has 1 aromatic rings. The van der Waals surface area contributed by atoms with Gasteiger partial charge < -0.3 is 10.6 Å². The number of benzene rings is 1. The van der Waals surface area contributed by atoms with Crippen LogP contribution >= 0.6 is 0 Å². The second kappa shape index (κ2) is 7.16. The maximum absolute atomic E-state index is 12.9. The second-order valence-corrected chi connectivity index (χ2v) is 6.90. The molecule has 0 bridgehead atoms. The minimum atomic E-state index is -0.386. The van der Waals surface area contributed by atoms with E-state index in [9.17, 15) is 9.59 Å². The highest BCUT2D eigenvalue weighted by atomic mass is 16.2. The van der Waals surface area contributed by atoms with Gasteiger partial charge in [-0.1, -0.05) is 31.7 Å². The first-order chi connectivity index (χ1) is 11.1. The molecule has 4 heteroatoms. The van der Waals surface area contributed by atoms with Gasteiger partial charge in [0, 0.05) is 24.6 Å². The number of carbonyl (C=O) groups excluding carboxylic acids is 2. The van der Waals surface area contributed by atoms with Crippen molar-refractivity contribution in [1.29, 1.82) is 0 Å². The van der Waals surface area contributed by atoms with Gasteiger partial charge in [-0.2, -0.15) is 0 Å². The predicted molar refractivity (Wildman–Crippen MR) is 89.9 cm³/mol. The van der Waals surface area contributed by atoms with E-state index in [-0.39, 0.29) is 11.8 Å². The molecular formula is C19H26N2O2. The zero-order valence-electron chi connectivity index (χ0n) is 13.7. The first-order valence-electron chi connectivity index (χ1n) is 8.85. The summed E-state index contributed by atoms with van der Waals surface area (Å²) in [7, 11) is 0. The summed E-state index contributed by atoms with van der Waals surface area (Å²) >= 11 is 0. The van der Waals surface area contributed by atoms with E-state index in [1.54, 1.807) is 6.07 Å². The number of carbonyl (C=O) groups is 2. The number of amides is 2. The number of nitrogens with zero attached hydrogens (tertiary/aromatic N) is 1. The van der Waals surface area contributed by atoms with Crippen LogP contribution in [0.2, 0.25) is 0 Å². The average Bonchev–Trinajstić information content (AvgIpc) is 2.94. The van der Waals surface area contributed by atoms with E-state index in [0.717, 1.165) is 43.4 Å². The average molecular weight is 314 g/mol.